The Kier molecular flexibility index (Phi) is 6.88. The van der Waals surface area contributed by atoms with Gasteiger partial charge in [-0.25, -0.2) is 4.98 Å². The van der Waals surface area contributed by atoms with Crippen molar-refractivity contribution in [3.63, 3.8) is 0 Å². The standard InChI is InChI=1S/C16H23N5O.CH2O2/c1-12(2)20-6-3-4-13(11-20)16(22)19-9-14-8-18-15-10-17-5-7-21(14)15;2-1-3/h5,7-8,10,12-13H,3-4,6,9,11H2,1-2H3,(H,19,22);1H,(H,2,3). The summed E-state index contributed by atoms with van der Waals surface area (Å²) in [7, 11) is 0. The Labute approximate surface area is 146 Å². The van der Waals surface area contributed by atoms with E-state index in [1.165, 1.54) is 0 Å². The first kappa shape index (κ1) is 18.9. The van der Waals surface area contributed by atoms with Crippen molar-refractivity contribution in [2.24, 2.45) is 5.92 Å². The fraction of sp³-hybridized carbons (Fsp3) is 0.529. The van der Waals surface area contributed by atoms with E-state index in [-0.39, 0.29) is 18.3 Å². The number of fused-ring (bicyclic) bond motifs is 1. The molecule has 2 aromatic rings. The van der Waals surface area contributed by atoms with E-state index in [0.29, 0.717) is 12.6 Å². The van der Waals surface area contributed by atoms with E-state index < -0.39 is 0 Å². The van der Waals surface area contributed by atoms with E-state index in [1.807, 2.05) is 10.6 Å². The van der Waals surface area contributed by atoms with Crippen LogP contribution in [-0.4, -0.2) is 55.9 Å². The second-order valence-electron chi connectivity index (χ2n) is 6.31. The number of carbonyl (C=O) groups is 2. The van der Waals surface area contributed by atoms with Gasteiger partial charge in [0.05, 0.1) is 30.6 Å². The third-order valence-corrected chi connectivity index (χ3v) is 4.39. The molecule has 3 heterocycles. The van der Waals surface area contributed by atoms with Gasteiger partial charge in [-0.15, -0.1) is 0 Å². The third-order valence-electron chi connectivity index (χ3n) is 4.39. The number of piperidine rings is 1. The van der Waals surface area contributed by atoms with Crippen LogP contribution in [0.15, 0.2) is 24.8 Å². The minimum Gasteiger partial charge on any atom is -0.483 e. The molecule has 25 heavy (non-hydrogen) atoms. The fourth-order valence-corrected chi connectivity index (χ4v) is 3.04. The molecule has 3 rings (SSSR count). The zero-order valence-electron chi connectivity index (χ0n) is 14.6. The number of nitrogens with one attached hydrogen (secondary N) is 1. The summed E-state index contributed by atoms with van der Waals surface area (Å²) in [6.07, 6.45) is 9.17. The van der Waals surface area contributed by atoms with Crippen LogP contribution in [-0.2, 0) is 16.1 Å². The SMILES string of the molecule is CC(C)N1CCCC(C(=O)NCc2cnc3cnccn23)C1.O=CO. The molecule has 2 N–H and O–H groups in total. The van der Waals surface area contributed by atoms with Gasteiger partial charge in [0.1, 0.15) is 0 Å². The molecule has 0 spiro atoms. The highest BCUT2D eigenvalue weighted by Gasteiger charge is 2.26. The first-order valence-corrected chi connectivity index (χ1v) is 8.42. The summed E-state index contributed by atoms with van der Waals surface area (Å²) in [5.41, 5.74) is 1.78. The summed E-state index contributed by atoms with van der Waals surface area (Å²) in [5.74, 6) is 0.242. The molecule has 1 aliphatic rings. The average Bonchev–Trinajstić information content (AvgIpc) is 3.03. The summed E-state index contributed by atoms with van der Waals surface area (Å²) >= 11 is 0. The summed E-state index contributed by atoms with van der Waals surface area (Å²) in [4.78, 5) is 31.5. The Bertz CT molecular complexity index is 700. The normalized spacial score (nSPS) is 17.8. The van der Waals surface area contributed by atoms with Crippen molar-refractivity contribution in [3.05, 3.63) is 30.5 Å². The highest BCUT2D eigenvalue weighted by molar-refractivity contribution is 5.78. The van der Waals surface area contributed by atoms with E-state index in [0.717, 1.165) is 37.3 Å². The molecule has 2 aromatic heterocycles. The Morgan fingerprint density at radius 3 is 2.96 bits per heavy atom. The molecule has 8 heteroatoms. The van der Waals surface area contributed by atoms with E-state index in [1.54, 1.807) is 18.6 Å². The number of hydrogen-bond donors (Lipinski definition) is 2. The molecule has 0 aliphatic carbocycles. The van der Waals surface area contributed by atoms with E-state index in [2.05, 4.69) is 34.0 Å². The lowest BCUT2D eigenvalue weighted by molar-refractivity contribution is -0.127. The van der Waals surface area contributed by atoms with Crippen molar-refractivity contribution in [2.75, 3.05) is 13.1 Å². The summed E-state index contributed by atoms with van der Waals surface area (Å²) in [6.45, 7) is 6.59. The Morgan fingerprint density at radius 1 is 1.48 bits per heavy atom. The van der Waals surface area contributed by atoms with Gasteiger partial charge in [-0.3, -0.25) is 19.0 Å². The van der Waals surface area contributed by atoms with Crippen LogP contribution in [0.1, 0.15) is 32.4 Å². The highest BCUT2D eigenvalue weighted by Crippen LogP contribution is 2.18. The first-order chi connectivity index (χ1) is 12.1. The zero-order chi connectivity index (χ0) is 18.2. The van der Waals surface area contributed by atoms with Gasteiger partial charge in [0.2, 0.25) is 5.91 Å². The number of amides is 1. The Morgan fingerprint density at radius 2 is 2.24 bits per heavy atom. The smallest absolute Gasteiger partial charge is 0.290 e. The molecule has 1 unspecified atom stereocenters. The van der Waals surface area contributed by atoms with Crippen LogP contribution in [0.3, 0.4) is 0 Å². The van der Waals surface area contributed by atoms with Crippen LogP contribution < -0.4 is 5.32 Å². The Hall–Kier alpha value is -2.48. The van der Waals surface area contributed by atoms with Crippen LogP contribution in [0.5, 0.6) is 0 Å². The number of likely N-dealkylation sites (tertiary alicyclic amines) is 1. The summed E-state index contributed by atoms with van der Waals surface area (Å²) in [5, 5.41) is 9.95. The van der Waals surface area contributed by atoms with Gasteiger partial charge in [-0.1, -0.05) is 0 Å². The van der Waals surface area contributed by atoms with E-state index >= 15 is 0 Å². The van der Waals surface area contributed by atoms with Crippen LogP contribution in [0.2, 0.25) is 0 Å². The molecular formula is C17H25N5O3. The predicted octanol–water partition coefficient (Wildman–Crippen LogP) is 1.17. The van der Waals surface area contributed by atoms with Crippen molar-refractivity contribution >= 4 is 18.0 Å². The number of rotatable bonds is 4. The minimum atomic E-state index is -0.250. The summed E-state index contributed by atoms with van der Waals surface area (Å²) in [6, 6.07) is 0.502. The van der Waals surface area contributed by atoms with E-state index in [4.69, 9.17) is 9.90 Å². The lowest BCUT2D eigenvalue weighted by Crippen LogP contribution is -2.45. The van der Waals surface area contributed by atoms with Gasteiger partial charge in [-0.2, -0.15) is 0 Å². The molecule has 1 atom stereocenters. The van der Waals surface area contributed by atoms with Gasteiger partial charge < -0.3 is 15.3 Å². The third kappa shape index (κ3) is 4.99. The topological polar surface area (TPSA) is 99.8 Å². The maximum Gasteiger partial charge on any atom is 0.290 e. The molecule has 1 saturated heterocycles. The van der Waals surface area contributed by atoms with Crippen LogP contribution in [0.4, 0.5) is 0 Å². The number of nitrogens with zero attached hydrogens (tertiary/aromatic N) is 4. The molecule has 0 aromatic carbocycles. The van der Waals surface area contributed by atoms with Gasteiger partial charge in [-0.05, 0) is 33.2 Å². The van der Waals surface area contributed by atoms with Crippen molar-refractivity contribution in [1.82, 2.24) is 24.6 Å². The molecule has 1 fully saturated rings. The molecule has 0 saturated carbocycles. The number of carboxylic acid groups (broad SMARTS) is 1. The maximum atomic E-state index is 12.4. The first-order valence-electron chi connectivity index (χ1n) is 8.42. The number of carbonyl (C=O) groups excluding carboxylic acids is 1. The Balaban J connectivity index is 0.000000701. The zero-order valence-corrected chi connectivity index (χ0v) is 14.6. The van der Waals surface area contributed by atoms with Crippen LogP contribution in [0.25, 0.3) is 5.65 Å². The largest absolute Gasteiger partial charge is 0.483 e. The molecule has 136 valence electrons. The van der Waals surface area contributed by atoms with Crippen LogP contribution >= 0.6 is 0 Å². The quantitative estimate of drug-likeness (QED) is 0.805. The maximum absolute atomic E-state index is 12.4. The lowest BCUT2D eigenvalue weighted by Gasteiger charge is -2.34. The van der Waals surface area contributed by atoms with Crippen LogP contribution in [0, 0.1) is 5.92 Å². The van der Waals surface area contributed by atoms with Crippen molar-refractivity contribution in [2.45, 2.75) is 39.3 Å². The van der Waals surface area contributed by atoms with Gasteiger partial charge >= 0.3 is 0 Å². The number of hydrogen-bond acceptors (Lipinski definition) is 5. The molecule has 1 aliphatic heterocycles. The highest BCUT2D eigenvalue weighted by atomic mass is 16.3. The lowest BCUT2D eigenvalue weighted by atomic mass is 9.96. The average molecular weight is 347 g/mol. The second kappa shape index (κ2) is 9.12. The fourth-order valence-electron chi connectivity index (χ4n) is 3.04. The van der Waals surface area contributed by atoms with Crippen molar-refractivity contribution < 1.29 is 14.7 Å². The molecule has 8 nitrogen and oxygen atoms in total. The molecule has 0 radical (unpaired) electrons. The number of aromatic nitrogens is 3. The van der Waals surface area contributed by atoms with Crippen molar-refractivity contribution in [3.8, 4) is 0 Å². The van der Waals surface area contributed by atoms with Gasteiger partial charge in [0.25, 0.3) is 6.47 Å². The molecular weight excluding hydrogens is 322 g/mol. The van der Waals surface area contributed by atoms with Gasteiger partial charge in [0.15, 0.2) is 5.65 Å². The molecule has 0 bridgehead atoms. The number of imidazole rings is 1. The second-order valence-corrected chi connectivity index (χ2v) is 6.31. The summed E-state index contributed by atoms with van der Waals surface area (Å²) < 4.78 is 1.95. The monoisotopic (exact) mass is 347 g/mol. The van der Waals surface area contributed by atoms with Crippen molar-refractivity contribution in [1.29, 1.82) is 0 Å². The predicted molar refractivity (Wildman–Crippen MR) is 93.0 cm³/mol. The molecule has 1 amide bonds. The van der Waals surface area contributed by atoms with E-state index in [9.17, 15) is 4.79 Å². The van der Waals surface area contributed by atoms with Gasteiger partial charge in [0, 0.05) is 25.0 Å². The minimum absolute atomic E-state index is 0.0944.